The molecule has 3 nitrogen and oxygen atoms in total. The molecule has 0 amide bonds. The van der Waals surface area contributed by atoms with Crippen LogP contribution in [0, 0.1) is 0 Å². The van der Waals surface area contributed by atoms with Gasteiger partial charge in [0, 0.05) is 6.61 Å². The molecule has 0 fully saturated rings. The first-order chi connectivity index (χ1) is 10.6. The molecular weight excluding hydrogens is 276 g/mol. The van der Waals surface area contributed by atoms with Crippen LogP contribution in [0.1, 0.15) is 52.0 Å². The molecule has 0 radical (unpaired) electrons. The van der Waals surface area contributed by atoms with E-state index in [1.54, 1.807) is 0 Å². The Kier molecular flexibility index (Phi) is 9.24. The lowest BCUT2D eigenvalue weighted by molar-refractivity contribution is -0.143. The van der Waals surface area contributed by atoms with Crippen LogP contribution in [0.3, 0.4) is 0 Å². The van der Waals surface area contributed by atoms with Crippen molar-refractivity contribution in [1.82, 2.24) is 0 Å². The van der Waals surface area contributed by atoms with Gasteiger partial charge in [-0.15, -0.1) is 0 Å². The molecule has 0 bridgehead atoms. The predicted molar refractivity (Wildman–Crippen MR) is 90.6 cm³/mol. The fourth-order valence-electron chi connectivity index (χ4n) is 2.01. The first-order valence-corrected chi connectivity index (χ1v) is 8.17. The van der Waals surface area contributed by atoms with Crippen LogP contribution in [0.4, 0.5) is 0 Å². The summed E-state index contributed by atoms with van der Waals surface area (Å²) in [4.78, 5) is 12.2. The summed E-state index contributed by atoms with van der Waals surface area (Å²) < 4.78 is 10.9. The smallest absolute Gasteiger partial charge is 0.336 e. The SMILES string of the molecule is CCCCCCOCC(=Cc1ccccc1)C(=O)OC(C)C. The van der Waals surface area contributed by atoms with Crippen LogP contribution in [0.5, 0.6) is 0 Å². The third-order valence-electron chi connectivity index (χ3n) is 3.15. The number of esters is 1. The lowest BCUT2D eigenvalue weighted by Crippen LogP contribution is -2.17. The Morgan fingerprint density at radius 2 is 1.86 bits per heavy atom. The van der Waals surface area contributed by atoms with Crippen molar-refractivity contribution in [2.45, 2.75) is 52.6 Å². The van der Waals surface area contributed by atoms with Gasteiger partial charge >= 0.3 is 5.97 Å². The van der Waals surface area contributed by atoms with Crippen molar-refractivity contribution in [3.05, 3.63) is 41.5 Å². The van der Waals surface area contributed by atoms with Crippen LogP contribution >= 0.6 is 0 Å². The van der Waals surface area contributed by atoms with E-state index in [0.717, 1.165) is 12.0 Å². The largest absolute Gasteiger partial charge is 0.460 e. The quantitative estimate of drug-likeness (QED) is 0.359. The molecule has 1 aromatic rings. The summed E-state index contributed by atoms with van der Waals surface area (Å²) in [7, 11) is 0. The molecule has 122 valence electrons. The van der Waals surface area contributed by atoms with Crippen LogP contribution in [-0.4, -0.2) is 25.3 Å². The van der Waals surface area contributed by atoms with Crippen molar-refractivity contribution < 1.29 is 14.3 Å². The van der Waals surface area contributed by atoms with Crippen LogP contribution in [-0.2, 0) is 14.3 Å². The second-order valence-electron chi connectivity index (χ2n) is 5.65. The summed E-state index contributed by atoms with van der Waals surface area (Å²) in [6, 6.07) is 9.77. The molecular formula is C19H28O3. The number of carbonyl (C=O) groups excluding carboxylic acids is 1. The normalized spacial score (nSPS) is 11.7. The maximum absolute atomic E-state index is 12.2. The standard InChI is InChI=1S/C19H28O3/c1-4-5-6-10-13-21-15-18(19(20)22-16(2)3)14-17-11-8-7-9-12-17/h7-9,11-12,14,16H,4-6,10,13,15H2,1-3H3. The number of rotatable bonds is 10. The zero-order valence-electron chi connectivity index (χ0n) is 14.0. The maximum atomic E-state index is 12.2. The third kappa shape index (κ3) is 7.99. The Bertz CT molecular complexity index is 449. The second kappa shape index (κ2) is 11.0. The fourth-order valence-corrected chi connectivity index (χ4v) is 2.01. The second-order valence-corrected chi connectivity index (χ2v) is 5.65. The molecule has 0 aliphatic carbocycles. The number of unbranched alkanes of at least 4 members (excludes halogenated alkanes) is 3. The molecule has 3 heteroatoms. The minimum atomic E-state index is -0.299. The first-order valence-electron chi connectivity index (χ1n) is 8.17. The van der Waals surface area contributed by atoms with Gasteiger partial charge in [0.1, 0.15) is 0 Å². The van der Waals surface area contributed by atoms with E-state index in [-0.39, 0.29) is 12.1 Å². The maximum Gasteiger partial charge on any atom is 0.336 e. The monoisotopic (exact) mass is 304 g/mol. The molecule has 0 saturated carbocycles. The molecule has 0 saturated heterocycles. The molecule has 0 aromatic heterocycles. The molecule has 0 heterocycles. The summed E-state index contributed by atoms with van der Waals surface area (Å²) in [6.07, 6.45) is 6.36. The lowest BCUT2D eigenvalue weighted by atomic mass is 10.1. The van der Waals surface area contributed by atoms with Gasteiger partial charge < -0.3 is 9.47 Å². The van der Waals surface area contributed by atoms with Crippen LogP contribution in [0.15, 0.2) is 35.9 Å². The number of benzene rings is 1. The minimum absolute atomic E-state index is 0.128. The van der Waals surface area contributed by atoms with Gasteiger partial charge in [-0.1, -0.05) is 56.5 Å². The van der Waals surface area contributed by atoms with E-state index in [0.29, 0.717) is 18.8 Å². The van der Waals surface area contributed by atoms with Gasteiger partial charge in [0.15, 0.2) is 0 Å². The average molecular weight is 304 g/mol. The molecule has 0 N–H and O–H groups in total. The van der Waals surface area contributed by atoms with E-state index in [9.17, 15) is 4.79 Å². The number of hydrogen-bond donors (Lipinski definition) is 0. The molecule has 0 unspecified atom stereocenters. The molecule has 0 aliphatic heterocycles. The van der Waals surface area contributed by atoms with Gasteiger partial charge in [-0.2, -0.15) is 0 Å². The van der Waals surface area contributed by atoms with Crippen molar-refractivity contribution in [3.8, 4) is 0 Å². The predicted octanol–water partition coefficient (Wildman–Crippen LogP) is 4.62. The minimum Gasteiger partial charge on any atom is -0.460 e. The summed E-state index contributed by atoms with van der Waals surface area (Å²) in [6.45, 7) is 6.87. The molecule has 0 aliphatic rings. The highest BCUT2D eigenvalue weighted by molar-refractivity contribution is 5.94. The summed E-state index contributed by atoms with van der Waals surface area (Å²) in [5.41, 5.74) is 1.54. The van der Waals surface area contributed by atoms with Gasteiger partial charge in [0.25, 0.3) is 0 Å². The summed E-state index contributed by atoms with van der Waals surface area (Å²) in [5.74, 6) is -0.299. The molecule has 0 spiro atoms. The zero-order valence-corrected chi connectivity index (χ0v) is 14.0. The van der Waals surface area contributed by atoms with Crippen molar-refractivity contribution in [2.75, 3.05) is 13.2 Å². The third-order valence-corrected chi connectivity index (χ3v) is 3.15. The Morgan fingerprint density at radius 3 is 2.50 bits per heavy atom. The number of ether oxygens (including phenoxy) is 2. The summed E-state index contributed by atoms with van der Waals surface area (Å²) in [5, 5.41) is 0. The van der Waals surface area contributed by atoms with Gasteiger partial charge in [-0.3, -0.25) is 0 Å². The fraction of sp³-hybridized carbons (Fsp3) is 0.526. The van der Waals surface area contributed by atoms with E-state index in [4.69, 9.17) is 9.47 Å². The Labute approximate surface area is 134 Å². The highest BCUT2D eigenvalue weighted by Crippen LogP contribution is 2.10. The van der Waals surface area contributed by atoms with Crippen molar-refractivity contribution in [3.63, 3.8) is 0 Å². The van der Waals surface area contributed by atoms with Gasteiger partial charge in [0.2, 0.25) is 0 Å². The van der Waals surface area contributed by atoms with E-state index in [2.05, 4.69) is 6.92 Å². The Morgan fingerprint density at radius 1 is 1.14 bits per heavy atom. The lowest BCUT2D eigenvalue weighted by Gasteiger charge is -2.12. The topological polar surface area (TPSA) is 35.5 Å². The van der Waals surface area contributed by atoms with Gasteiger partial charge in [-0.25, -0.2) is 4.79 Å². The van der Waals surface area contributed by atoms with Gasteiger partial charge in [0.05, 0.1) is 18.3 Å². The van der Waals surface area contributed by atoms with Crippen molar-refractivity contribution >= 4 is 12.0 Å². The Hall–Kier alpha value is -1.61. The number of carbonyl (C=O) groups is 1. The summed E-state index contributed by atoms with van der Waals surface area (Å²) >= 11 is 0. The van der Waals surface area contributed by atoms with E-state index >= 15 is 0 Å². The zero-order chi connectivity index (χ0) is 16.2. The first kappa shape index (κ1) is 18.4. The Balaban J connectivity index is 2.59. The van der Waals surface area contributed by atoms with Crippen LogP contribution in [0.2, 0.25) is 0 Å². The van der Waals surface area contributed by atoms with Crippen LogP contribution in [0.25, 0.3) is 6.08 Å². The molecule has 0 atom stereocenters. The van der Waals surface area contributed by atoms with Crippen LogP contribution < -0.4 is 0 Å². The molecule has 1 aromatic carbocycles. The van der Waals surface area contributed by atoms with Gasteiger partial charge in [-0.05, 0) is 31.9 Å². The highest BCUT2D eigenvalue weighted by atomic mass is 16.5. The van der Waals surface area contributed by atoms with Crippen molar-refractivity contribution in [1.29, 1.82) is 0 Å². The number of hydrogen-bond acceptors (Lipinski definition) is 3. The molecule has 22 heavy (non-hydrogen) atoms. The van der Waals surface area contributed by atoms with E-state index in [1.165, 1.54) is 19.3 Å². The van der Waals surface area contributed by atoms with Crippen molar-refractivity contribution in [2.24, 2.45) is 0 Å². The molecule has 1 rings (SSSR count). The van der Waals surface area contributed by atoms with E-state index < -0.39 is 0 Å². The average Bonchev–Trinajstić information content (AvgIpc) is 2.50. The van der Waals surface area contributed by atoms with E-state index in [1.807, 2.05) is 50.3 Å². The highest BCUT2D eigenvalue weighted by Gasteiger charge is 2.13.